The first kappa shape index (κ1) is 9.55. The van der Waals surface area contributed by atoms with Crippen LogP contribution in [0.15, 0.2) is 40.9 Å². The fourth-order valence-electron chi connectivity index (χ4n) is 1.07. The maximum absolute atomic E-state index is 5.83. The van der Waals surface area contributed by atoms with Crippen molar-refractivity contribution in [3.05, 3.63) is 40.8 Å². The van der Waals surface area contributed by atoms with E-state index >= 15 is 0 Å². The highest BCUT2D eigenvalue weighted by atomic mass is 32.2. The second kappa shape index (κ2) is 4.48. The van der Waals surface area contributed by atoms with E-state index in [2.05, 4.69) is 4.98 Å². The van der Waals surface area contributed by atoms with Crippen molar-refractivity contribution < 1.29 is 0 Å². The topological polar surface area (TPSA) is 38.9 Å². The number of anilines is 1. The van der Waals surface area contributed by atoms with Crippen LogP contribution in [0.5, 0.6) is 0 Å². The number of nitrogens with zero attached hydrogens (tertiary/aromatic N) is 1. The van der Waals surface area contributed by atoms with Gasteiger partial charge in [0, 0.05) is 27.4 Å². The zero-order valence-corrected chi connectivity index (χ0v) is 9.15. The third-order valence-electron chi connectivity index (χ3n) is 1.77. The summed E-state index contributed by atoms with van der Waals surface area (Å²) in [6, 6.07) is 7.92. The van der Waals surface area contributed by atoms with Gasteiger partial charge in [-0.25, -0.2) is 0 Å². The van der Waals surface area contributed by atoms with Gasteiger partial charge < -0.3 is 5.73 Å². The zero-order chi connectivity index (χ0) is 9.80. The van der Waals surface area contributed by atoms with E-state index in [-0.39, 0.29) is 0 Å². The highest BCUT2D eigenvalue weighted by molar-refractivity contribution is 7.98. The molecule has 0 atom stereocenters. The molecule has 0 amide bonds. The zero-order valence-electron chi connectivity index (χ0n) is 7.51. The summed E-state index contributed by atoms with van der Waals surface area (Å²) in [5, 5.41) is 0. The molecule has 1 aromatic heterocycles. The standard InChI is InChI=1S/C10H10N2S2/c11-9-3-1-2-4-10(9)13-6-8-5-12-7-14-8/h1-5,7H,6,11H2. The third kappa shape index (κ3) is 2.27. The molecule has 0 aliphatic heterocycles. The average Bonchev–Trinajstić information content (AvgIpc) is 2.69. The van der Waals surface area contributed by atoms with E-state index in [9.17, 15) is 0 Å². The van der Waals surface area contributed by atoms with Gasteiger partial charge in [-0.1, -0.05) is 12.1 Å². The maximum Gasteiger partial charge on any atom is 0.0794 e. The first-order valence-electron chi connectivity index (χ1n) is 4.21. The second-order valence-corrected chi connectivity index (χ2v) is 4.78. The van der Waals surface area contributed by atoms with E-state index in [4.69, 9.17) is 5.73 Å². The van der Waals surface area contributed by atoms with Crippen LogP contribution in [0.4, 0.5) is 5.69 Å². The van der Waals surface area contributed by atoms with Crippen LogP contribution >= 0.6 is 23.1 Å². The largest absolute Gasteiger partial charge is 0.398 e. The lowest BCUT2D eigenvalue weighted by atomic mass is 10.3. The van der Waals surface area contributed by atoms with Crippen molar-refractivity contribution in [1.29, 1.82) is 0 Å². The molecule has 0 bridgehead atoms. The third-order valence-corrected chi connectivity index (χ3v) is 3.87. The summed E-state index contributed by atoms with van der Waals surface area (Å²) in [6.45, 7) is 0. The molecule has 2 N–H and O–H groups in total. The molecule has 0 fully saturated rings. The van der Waals surface area contributed by atoms with Gasteiger partial charge in [0.25, 0.3) is 0 Å². The summed E-state index contributed by atoms with van der Waals surface area (Å²) < 4.78 is 0. The van der Waals surface area contributed by atoms with Crippen LogP contribution in [-0.4, -0.2) is 4.98 Å². The van der Waals surface area contributed by atoms with E-state index in [0.717, 1.165) is 16.3 Å². The number of hydrogen-bond acceptors (Lipinski definition) is 4. The highest BCUT2D eigenvalue weighted by Gasteiger charge is 2.00. The van der Waals surface area contributed by atoms with Gasteiger partial charge in [0.1, 0.15) is 0 Å². The molecule has 1 heterocycles. The molecule has 0 unspecified atom stereocenters. The first-order chi connectivity index (χ1) is 6.86. The molecule has 0 spiro atoms. The predicted octanol–water partition coefficient (Wildman–Crippen LogP) is 3.02. The second-order valence-electron chi connectivity index (χ2n) is 2.79. The lowest BCUT2D eigenvalue weighted by Crippen LogP contribution is -1.87. The van der Waals surface area contributed by atoms with Crippen molar-refractivity contribution in [1.82, 2.24) is 4.98 Å². The Morgan fingerprint density at radius 2 is 2.21 bits per heavy atom. The number of nitrogen functional groups attached to an aromatic ring is 1. The lowest BCUT2D eigenvalue weighted by molar-refractivity contribution is 1.36. The monoisotopic (exact) mass is 222 g/mol. The molecule has 1 aromatic carbocycles. The van der Waals surface area contributed by atoms with E-state index in [1.165, 1.54) is 4.88 Å². The molecule has 2 rings (SSSR count). The fraction of sp³-hybridized carbons (Fsp3) is 0.100. The van der Waals surface area contributed by atoms with Gasteiger partial charge in [-0.05, 0) is 12.1 Å². The highest BCUT2D eigenvalue weighted by Crippen LogP contribution is 2.28. The Bertz CT molecular complexity index is 398. The number of rotatable bonds is 3. The van der Waals surface area contributed by atoms with Gasteiger partial charge >= 0.3 is 0 Å². The molecule has 2 aromatic rings. The van der Waals surface area contributed by atoms with Crippen LogP contribution in [0.1, 0.15) is 4.88 Å². The minimum atomic E-state index is 0.849. The number of benzene rings is 1. The van der Waals surface area contributed by atoms with Crippen molar-refractivity contribution >= 4 is 28.8 Å². The summed E-state index contributed by atoms with van der Waals surface area (Å²) in [7, 11) is 0. The Morgan fingerprint density at radius 3 is 2.93 bits per heavy atom. The number of hydrogen-bond donors (Lipinski definition) is 1. The minimum Gasteiger partial charge on any atom is -0.398 e. The van der Waals surface area contributed by atoms with Crippen molar-refractivity contribution in [3.63, 3.8) is 0 Å². The van der Waals surface area contributed by atoms with Crippen molar-refractivity contribution in [2.45, 2.75) is 10.6 Å². The summed E-state index contributed by atoms with van der Waals surface area (Å²) in [5.74, 6) is 0.943. The molecule has 4 heteroatoms. The molecule has 0 saturated heterocycles. The number of thiazole rings is 1. The summed E-state index contributed by atoms with van der Waals surface area (Å²) in [4.78, 5) is 6.45. The molecular weight excluding hydrogens is 212 g/mol. The van der Waals surface area contributed by atoms with E-state index < -0.39 is 0 Å². The van der Waals surface area contributed by atoms with Crippen molar-refractivity contribution in [2.24, 2.45) is 0 Å². The van der Waals surface area contributed by atoms with Gasteiger partial charge in [0.05, 0.1) is 5.51 Å². The van der Waals surface area contributed by atoms with E-state index in [0.29, 0.717) is 0 Å². The van der Waals surface area contributed by atoms with Gasteiger partial charge in [-0.15, -0.1) is 23.1 Å². The van der Waals surface area contributed by atoms with Gasteiger partial charge in [0.2, 0.25) is 0 Å². The van der Waals surface area contributed by atoms with Crippen LogP contribution in [0.3, 0.4) is 0 Å². The van der Waals surface area contributed by atoms with Gasteiger partial charge in [-0.2, -0.15) is 0 Å². The Kier molecular flexibility index (Phi) is 3.06. The molecule has 2 nitrogen and oxygen atoms in total. The quantitative estimate of drug-likeness (QED) is 0.641. The Labute approximate surface area is 91.2 Å². The van der Waals surface area contributed by atoms with Gasteiger partial charge in [0.15, 0.2) is 0 Å². The van der Waals surface area contributed by atoms with Crippen molar-refractivity contribution in [3.8, 4) is 0 Å². The molecule has 72 valence electrons. The van der Waals surface area contributed by atoms with Crippen LogP contribution in [-0.2, 0) is 5.75 Å². The van der Waals surface area contributed by atoms with Crippen LogP contribution < -0.4 is 5.73 Å². The normalized spacial score (nSPS) is 10.3. The SMILES string of the molecule is Nc1ccccc1SCc1cncs1. The molecule has 0 aliphatic carbocycles. The smallest absolute Gasteiger partial charge is 0.0794 e. The summed E-state index contributed by atoms with van der Waals surface area (Å²) in [5.41, 5.74) is 8.53. The number of thioether (sulfide) groups is 1. The van der Waals surface area contributed by atoms with Crippen LogP contribution in [0.25, 0.3) is 0 Å². The molecule has 0 radical (unpaired) electrons. The average molecular weight is 222 g/mol. The maximum atomic E-state index is 5.83. The molecule has 14 heavy (non-hydrogen) atoms. The van der Waals surface area contributed by atoms with Crippen LogP contribution in [0.2, 0.25) is 0 Å². The minimum absolute atomic E-state index is 0.849. The molecule has 0 saturated carbocycles. The number of aromatic nitrogens is 1. The first-order valence-corrected chi connectivity index (χ1v) is 6.07. The fourth-order valence-corrected chi connectivity index (χ4v) is 2.68. The predicted molar refractivity (Wildman–Crippen MR) is 62.5 cm³/mol. The number of para-hydroxylation sites is 1. The number of nitrogens with two attached hydrogens (primary N) is 1. The molecule has 0 aliphatic rings. The Hall–Kier alpha value is -1.00. The summed E-state index contributed by atoms with van der Waals surface area (Å²) >= 11 is 3.43. The van der Waals surface area contributed by atoms with Crippen molar-refractivity contribution in [2.75, 3.05) is 5.73 Å². The van der Waals surface area contributed by atoms with E-state index in [1.54, 1.807) is 23.1 Å². The van der Waals surface area contributed by atoms with E-state index in [1.807, 2.05) is 36.0 Å². The van der Waals surface area contributed by atoms with Crippen LogP contribution in [0, 0.1) is 0 Å². The van der Waals surface area contributed by atoms with Gasteiger partial charge in [-0.3, -0.25) is 4.98 Å². The Morgan fingerprint density at radius 1 is 1.36 bits per heavy atom. The Balaban J connectivity index is 2.02. The summed E-state index contributed by atoms with van der Waals surface area (Å²) in [6.07, 6.45) is 1.90. The molecular formula is C10H10N2S2. The lowest BCUT2D eigenvalue weighted by Gasteiger charge is -2.02.